The lowest BCUT2D eigenvalue weighted by Gasteiger charge is -2.27. The second-order valence-electron chi connectivity index (χ2n) is 6.15. The smallest absolute Gasteiger partial charge is 0.110 e. The number of hydrogen-bond acceptors (Lipinski definition) is 2. The van der Waals surface area contributed by atoms with Crippen molar-refractivity contribution in [3.8, 4) is 0 Å². The Bertz CT molecular complexity index is 690. The summed E-state index contributed by atoms with van der Waals surface area (Å²) in [6, 6.07) is 19.5. The third kappa shape index (κ3) is 1.98. The highest BCUT2D eigenvalue weighted by molar-refractivity contribution is 5.85. The first-order chi connectivity index (χ1) is 10.3. The first kappa shape index (κ1) is 12.6. The Kier molecular flexibility index (Phi) is 2.85. The van der Waals surface area contributed by atoms with Crippen molar-refractivity contribution >= 4 is 5.84 Å². The van der Waals surface area contributed by atoms with Gasteiger partial charge in [0.2, 0.25) is 0 Å². The van der Waals surface area contributed by atoms with Crippen LogP contribution in [-0.4, -0.2) is 17.3 Å². The highest BCUT2D eigenvalue weighted by Crippen LogP contribution is 2.39. The maximum absolute atomic E-state index is 5.22. The van der Waals surface area contributed by atoms with E-state index in [1.54, 1.807) is 0 Å². The molecule has 2 nitrogen and oxygen atoms in total. The van der Waals surface area contributed by atoms with Gasteiger partial charge in [-0.25, -0.2) is 0 Å². The van der Waals surface area contributed by atoms with Crippen LogP contribution >= 0.6 is 0 Å². The van der Waals surface area contributed by atoms with Crippen molar-refractivity contribution < 1.29 is 0 Å². The Morgan fingerprint density at radius 2 is 1.76 bits per heavy atom. The van der Waals surface area contributed by atoms with E-state index in [0.717, 1.165) is 19.5 Å². The Labute approximate surface area is 126 Å². The monoisotopic (exact) mass is 276 g/mol. The number of fused-ring (bicyclic) bond motifs is 2. The zero-order valence-corrected chi connectivity index (χ0v) is 12.4. The Balaban J connectivity index is 1.96. The fourth-order valence-corrected chi connectivity index (χ4v) is 3.65. The van der Waals surface area contributed by atoms with Crippen molar-refractivity contribution in [1.82, 2.24) is 4.90 Å². The van der Waals surface area contributed by atoms with Crippen LogP contribution in [0.1, 0.15) is 36.5 Å². The summed E-state index contributed by atoms with van der Waals surface area (Å²) in [6.07, 6.45) is 2.34. The van der Waals surface area contributed by atoms with E-state index >= 15 is 0 Å². The second kappa shape index (κ2) is 4.73. The third-order valence-corrected chi connectivity index (χ3v) is 4.79. The maximum Gasteiger partial charge on any atom is 0.110 e. The van der Waals surface area contributed by atoms with Gasteiger partial charge in [0.1, 0.15) is 11.4 Å². The molecular formula is C19H20N2. The fourth-order valence-electron chi connectivity index (χ4n) is 3.65. The summed E-state index contributed by atoms with van der Waals surface area (Å²) < 4.78 is 0. The summed E-state index contributed by atoms with van der Waals surface area (Å²) in [4.78, 5) is 7.68. The Hall–Kier alpha value is -2.09. The van der Waals surface area contributed by atoms with Gasteiger partial charge in [-0.2, -0.15) is 0 Å². The molecule has 2 aromatic carbocycles. The molecule has 2 aliphatic heterocycles. The van der Waals surface area contributed by atoms with E-state index < -0.39 is 0 Å². The number of benzene rings is 2. The quantitative estimate of drug-likeness (QED) is 0.770. The van der Waals surface area contributed by atoms with E-state index in [4.69, 9.17) is 4.99 Å². The largest absolute Gasteiger partial charge is 0.356 e. The summed E-state index contributed by atoms with van der Waals surface area (Å²) in [5, 5.41) is 0. The molecule has 0 bridgehead atoms. The van der Waals surface area contributed by atoms with Crippen molar-refractivity contribution in [2.75, 3.05) is 6.54 Å². The van der Waals surface area contributed by atoms with Gasteiger partial charge in [-0.15, -0.1) is 0 Å². The Morgan fingerprint density at radius 1 is 1.00 bits per heavy atom. The van der Waals surface area contributed by atoms with Crippen molar-refractivity contribution in [1.29, 1.82) is 0 Å². The van der Waals surface area contributed by atoms with E-state index in [-0.39, 0.29) is 5.54 Å². The van der Waals surface area contributed by atoms with E-state index in [9.17, 15) is 0 Å². The highest BCUT2D eigenvalue weighted by Gasteiger charge is 2.35. The molecule has 0 amide bonds. The van der Waals surface area contributed by atoms with Gasteiger partial charge >= 0.3 is 0 Å². The lowest BCUT2D eigenvalue weighted by Crippen LogP contribution is -2.25. The Morgan fingerprint density at radius 3 is 2.62 bits per heavy atom. The molecule has 1 atom stereocenters. The topological polar surface area (TPSA) is 15.6 Å². The lowest BCUT2D eigenvalue weighted by atomic mass is 9.82. The molecule has 2 aromatic rings. The van der Waals surface area contributed by atoms with Crippen LogP contribution in [0.25, 0.3) is 0 Å². The minimum absolute atomic E-state index is 0.272. The van der Waals surface area contributed by atoms with Crippen LogP contribution in [0.5, 0.6) is 0 Å². The number of amidine groups is 1. The minimum atomic E-state index is -0.272. The molecule has 1 unspecified atom stereocenters. The summed E-state index contributed by atoms with van der Waals surface area (Å²) in [7, 11) is 0. The van der Waals surface area contributed by atoms with Crippen LogP contribution in [0.4, 0.5) is 0 Å². The molecular weight excluding hydrogens is 256 g/mol. The highest BCUT2D eigenvalue weighted by atomic mass is 15.2. The van der Waals surface area contributed by atoms with Crippen LogP contribution in [-0.2, 0) is 12.1 Å². The molecule has 2 aliphatic rings. The van der Waals surface area contributed by atoms with Gasteiger partial charge in [0, 0.05) is 19.5 Å². The molecule has 0 N–H and O–H groups in total. The number of hydrogen-bond donors (Lipinski definition) is 0. The predicted molar refractivity (Wildman–Crippen MR) is 86.4 cm³/mol. The van der Waals surface area contributed by atoms with Gasteiger partial charge < -0.3 is 4.90 Å². The second-order valence-corrected chi connectivity index (χ2v) is 6.15. The van der Waals surface area contributed by atoms with Gasteiger partial charge in [0.15, 0.2) is 0 Å². The first-order valence-corrected chi connectivity index (χ1v) is 7.75. The van der Waals surface area contributed by atoms with Crippen molar-refractivity contribution in [2.24, 2.45) is 4.99 Å². The van der Waals surface area contributed by atoms with E-state index in [1.165, 1.54) is 28.9 Å². The molecule has 4 rings (SSSR count). The van der Waals surface area contributed by atoms with Gasteiger partial charge in [0.05, 0.1) is 0 Å². The summed E-state index contributed by atoms with van der Waals surface area (Å²) >= 11 is 0. The van der Waals surface area contributed by atoms with Gasteiger partial charge in [0.25, 0.3) is 0 Å². The van der Waals surface area contributed by atoms with Crippen molar-refractivity contribution in [3.05, 3.63) is 71.3 Å². The molecule has 0 spiro atoms. The fraction of sp³-hybridized carbons (Fsp3) is 0.316. The number of nitrogens with zero attached hydrogens (tertiary/aromatic N) is 2. The molecule has 21 heavy (non-hydrogen) atoms. The average Bonchev–Trinajstić information content (AvgIpc) is 2.90. The zero-order valence-electron chi connectivity index (χ0n) is 12.4. The average molecular weight is 276 g/mol. The summed E-state index contributed by atoms with van der Waals surface area (Å²) in [6.45, 7) is 4.39. The van der Waals surface area contributed by atoms with Crippen LogP contribution in [0.15, 0.2) is 59.6 Å². The molecule has 0 aromatic heterocycles. The molecule has 2 heterocycles. The van der Waals surface area contributed by atoms with Crippen LogP contribution in [0, 0.1) is 0 Å². The van der Waals surface area contributed by atoms with Gasteiger partial charge in [-0.1, -0.05) is 54.6 Å². The molecule has 0 radical (unpaired) electrons. The third-order valence-electron chi connectivity index (χ3n) is 4.79. The molecule has 0 saturated carbocycles. The molecule has 1 saturated heterocycles. The SMILES string of the molecule is CC1(c2ccccc2)N=C2CCCN2Cc2ccccc21. The zero-order chi connectivity index (χ0) is 14.3. The van der Waals surface area contributed by atoms with Crippen LogP contribution < -0.4 is 0 Å². The molecule has 0 aliphatic carbocycles. The minimum Gasteiger partial charge on any atom is -0.356 e. The standard InChI is InChI=1S/C19H20N2/c1-19(16-9-3-2-4-10-16)17-11-6-5-8-15(17)14-21-13-7-12-18(21)20-19/h2-6,8-11H,7,12-14H2,1H3. The molecule has 2 heteroatoms. The molecule has 106 valence electrons. The molecule has 1 fully saturated rings. The van der Waals surface area contributed by atoms with Crippen molar-refractivity contribution in [2.45, 2.75) is 31.8 Å². The maximum atomic E-state index is 5.22. The predicted octanol–water partition coefficient (Wildman–Crippen LogP) is 3.96. The lowest BCUT2D eigenvalue weighted by molar-refractivity contribution is 0.450. The van der Waals surface area contributed by atoms with Gasteiger partial charge in [-0.3, -0.25) is 4.99 Å². The van der Waals surface area contributed by atoms with Crippen molar-refractivity contribution in [3.63, 3.8) is 0 Å². The van der Waals surface area contributed by atoms with E-state index in [1.807, 2.05) is 0 Å². The summed E-state index contributed by atoms with van der Waals surface area (Å²) in [5.41, 5.74) is 3.76. The number of rotatable bonds is 1. The van der Waals surface area contributed by atoms with Crippen LogP contribution in [0.3, 0.4) is 0 Å². The first-order valence-electron chi connectivity index (χ1n) is 7.75. The normalized spacial score (nSPS) is 24.0. The van der Waals surface area contributed by atoms with Crippen LogP contribution in [0.2, 0.25) is 0 Å². The van der Waals surface area contributed by atoms with E-state index in [0.29, 0.717) is 0 Å². The number of aliphatic imine (C=N–C) groups is 1. The van der Waals surface area contributed by atoms with E-state index in [2.05, 4.69) is 66.4 Å². The van der Waals surface area contributed by atoms with Gasteiger partial charge in [-0.05, 0) is 30.0 Å². The summed E-state index contributed by atoms with van der Waals surface area (Å²) in [5.74, 6) is 1.28.